The van der Waals surface area contributed by atoms with Gasteiger partial charge in [-0.3, -0.25) is 4.79 Å². The standard InChI is InChI=1S/C12H10N2O4/c1-2-18-12(17)8-3-6(5-13)10-7(11(8)16)4-9(15)14-10/h3,16H,2,4H2,1H3,(H,14,15). The molecule has 0 bridgehead atoms. The maximum absolute atomic E-state index is 11.6. The molecule has 1 aliphatic rings. The first-order valence-corrected chi connectivity index (χ1v) is 5.34. The zero-order valence-electron chi connectivity index (χ0n) is 9.61. The van der Waals surface area contributed by atoms with Gasteiger partial charge in [-0.2, -0.15) is 5.26 Å². The number of fused-ring (bicyclic) bond motifs is 1. The van der Waals surface area contributed by atoms with E-state index in [0.29, 0.717) is 0 Å². The third-order valence-corrected chi connectivity index (χ3v) is 2.62. The second kappa shape index (κ2) is 4.37. The number of nitrogens with zero attached hydrogens (tertiary/aromatic N) is 1. The summed E-state index contributed by atoms with van der Waals surface area (Å²) >= 11 is 0. The highest BCUT2D eigenvalue weighted by molar-refractivity contribution is 6.04. The second-order valence-corrected chi connectivity index (χ2v) is 3.73. The molecule has 0 radical (unpaired) electrons. The minimum absolute atomic E-state index is 0.0525. The van der Waals surface area contributed by atoms with E-state index in [1.165, 1.54) is 6.07 Å². The van der Waals surface area contributed by atoms with Crippen LogP contribution >= 0.6 is 0 Å². The number of nitriles is 1. The number of phenols is 1. The predicted molar refractivity (Wildman–Crippen MR) is 61.1 cm³/mol. The Labute approximate surface area is 103 Å². The fraction of sp³-hybridized carbons (Fsp3) is 0.250. The number of esters is 1. The molecule has 18 heavy (non-hydrogen) atoms. The Balaban J connectivity index is 2.59. The molecule has 1 aliphatic heterocycles. The third-order valence-electron chi connectivity index (χ3n) is 2.62. The Kier molecular flexibility index (Phi) is 2.90. The molecule has 0 aromatic heterocycles. The van der Waals surface area contributed by atoms with Gasteiger partial charge in [0.25, 0.3) is 0 Å². The number of anilines is 1. The maximum atomic E-state index is 11.6. The van der Waals surface area contributed by atoms with Crippen LogP contribution in [-0.4, -0.2) is 23.6 Å². The molecule has 1 aromatic carbocycles. The summed E-state index contributed by atoms with van der Waals surface area (Å²) < 4.78 is 4.78. The van der Waals surface area contributed by atoms with Crippen molar-refractivity contribution in [3.8, 4) is 11.8 Å². The van der Waals surface area contributed by atoms with Crippen LogP contribution in [0.25, 0.3) is 0 Å². The van der Waals surface area contributed by atoms with Gasteiger partial charge in [0.05, 0.1) is 24.3 Å². The van der Waals surface area contributed by atoms with Crippen molar-refractivity contribution in [1.29, 1.82) is 5.26 Å². The third kappa shape index (κ3) is 1.76. The molecule has 0 atom stereocenters. The summed E-state index contributed by atoms with van der Waals surface area (Å²) in [5, 5.41) is 21.4. The number of aromatic hydroxyl groups is 1. The highest BCUT2D eigenvalue weighted by atomic mass is 16.5. The average molecular weight is 246 g/mol. The summed E-state index contributed by atoms with van der Waals surface area (Å²) in [6, 6.07) is 3.10. The van der Waals surface area contributed by atoms with E-state index in [2.05, 4.69) is 5.32 Å². The first-order chi connectivity index (χ1) is 8.58. The van der Waals surface area contributed by atoms with E-state index in [1.54, 1.807) is 6.92 Å². The van der Waals surface area contributed by atoms with Gasteiger partial charge in [-0.05, 0) is 13.0 Å². The van der Waals surface area contributed by atoms with E-state index in [4.69, 9.17) is 10.00 Å². The smallest absolute Gasteiger partial charge is 0.341 e. The van der Waals surface area contributed by atoms with Crippen molar-refractivity contribution in [1.82, 2.24) is 0 Å². The van der Waals surface area contributed by atoms with Gasteiger partial charge >= 0.3 is 5.97 Å². The Hall–Kier alpha value is -2.55. The fourth-order valence-corrected chi connectivity index (χ4v) is 1.84. The molecule has 6 nitrogen and oxygen atoms in total. The highest BCUT2D eigenvalue weighted by Gasteiger charge is 2.28. The van der Waals surface area contributed by atoms with Gasteiger partial charge < -0.3 is 15.2 Å². The van der Waals surface area contributed by atoms with Crippen LogP contribution in [0.5, 0.6) is 5.75 Å². The van der Waals surface area contributed by atoms with Gasteiger partial charge in [-0.1, -0.05) is 0 Å². The number of amides is 1. The summed E-state index contributed by atoms with van der Waals surface area (Å²) in [5.41, 5.74) is 0.579. The lowest BCUT2D eigenvalue weighted by atomic mass is 10.0. The van der Waals surface area contributed by atoms with E-state index < -0.39 is 5.97 Å². The van der Waals surface area contributed by atoms with Crippen LogP contribution in [0.1, 0.15) is 28.4 Å². The first-order valence-electron chi connectivity index (χ1n) is 5.34. The van der Waals surface area contributed by atoms with Crippen molar-refractivity contribution in [2.45, 2.75) is 13.3 Å². The van der Waals surface area contributed by atoms with Gasteiger partial charge in [0.2, 0.25) is 5.91 Å². The van der Waals surface area contributed by atoms with Crippen LogP contribution in [0.15, 0.2) is 6.07 Å². The topological polar surface area (TPSA) is 99.4 Å². The van der Waals surface area contributed by atoms with E-state index in [1.807, 2.05) is 6.07 Å². The summed E-state index contributed by atoms with van der Waals surface area (Å²) in [5.74, 6) is -1.34. The summed E-state index contributed by atoms with van der Waals surface area (Å²) in [4.78, 5) is 22.9. The zero-order valence-corrected chi connectivity index (χ0v) is 9.61. The lowest BCUT2D eigenvalue weighted by Crippen LogP contribution is -2.07. The molecule has 0 spiro atoms. The number of ether oxygens (including phenoxy) is 1. The van der Waals surface area contributed by atoms with E-state index >= 15 is 0 Å². The molecule has 92 valence electrons. The number of hydrogen-bond acceptors (Lipinski definition) is 5. The lowest BCUT2D eigenvalue weighted by Gasteiger charge is -2.09. The van der Waals surface area contributed by atoms with Gasteiger partial charge in [-0.25, -0.2) is 4.79 Å². The highest BCUT2D eigenvalue weighted by Crippen LogP contribution is 2.37. The van der Waals surface area contributed by atoms with Crippen LogP contribution in [0.3, 0.4) is 0 Å². The van der Waals surface area contributed by atoms with E-state index in [9.17, 15) is 14.7 Å². The summed E-state index contributed by atoms with van der Waals surface area (Å²) in [7, 11) is 0. The van der Waals surface area contributed by atoms with Gasteiger partial charge in [0, 0.05) is 5.56 Å². The number of carbonyl (C=O) groups is 2. The lowest BCUT2D eigenvalue weighted by molar-refractivity contribution is -0.115. The van der Waals surface area contributed by atoms with Crippen LogP contribution in [-0.2, 0) is 16.0 Å². The van der Waals surface area contributed by atoms with Gasteiger partial charge in [0.15, 0.2) is 0 Å². The Morgan fingerprint density at radius 3 is 3.00 bits per heavy atom. The number of benzene rings is 1. The fourth-order valence-electron chi connectivity index (χ4n) is 1.84. The quantitative estimate of drug-likeness (QED) is 0.756. The van der Waals surface area contributed by atoms with E-state index in [0.717, 1.165) is 0 Å². The van der Waals surface area contributed by atoms with Crippen LogP contribution in [0.4, 0.5) is 5.69 Å². The monoisotopic (exact) mass is 246 g/mol. The van der Waals surface area contributed by atoms with Crippen molar-refractivity contribution in [2.75, 3.05) is 11.9 Å². The second-order valence-electron chi connectivity index (χ2n) is 3.73. The molecule has 1 heterocycles. The molecule has 1 aromatic rings. The first kappa shape index (κ1) is 11.9. The number of nitrogens with one attached hydrogen (secondary N) is 1. The number of hydrogen-bond donors (Lipinski definition) is 2. The minimum Gasteiger partial charge on any atom is -0.507 e. The molecule has 2 N–H and O–H groups in total. The Morgan fingerprint density at radius 2 is 2.39 bits per heavy atom. The summed E-state index contributed by atoms with van der Waals surface area (Å²) in [6.07, 6.45) is -0.0525. The van der Waals surface area contributed by atoms with Crippen molar-refractivity contribution in [3.05, 3.63) is 22.8 Å². The largest absolute Gasteiger partial charge is 0.507 e. The molecule has 6 heteroatoms. The van der Waals surface area contributed by atoms with Crippen molar-refractivity contribution in [2.24, 2.45) is 0 Å². The summed E-state index contributed by atoms with van der Waals surface area (Å²) in [6.45, 7) is 1.80. The molecular formula is C12H10N2O4. The SMILES string of the molecule is CCOC(=O)c1cc(C#N)c2c(c1O)CC(=O)N2. The molecule has 0 saturated heterocycles. The molecule has 1 amide bonds. The van der Waals surface area contributed by atoms with Crippen LogP contribution < -0.4 is 5.32 Å². The number of rotatable bonds is 2. The number of carbonyl (C=O) groups excluding carboxylic acids is 2. The number of phenolic OH excluding ortho intramolecular Hbond substituents is 1. The van der Waals surface area contributed by atoms with Crippen molar-refractivity contribution >= 4 is 17.6 Å². The normalized spacial score (nSPS) is 12.6. The van der Waals surface area contributed by atoms with E-state index in [-0.39, 0.29) is 47.1 Å². The maximum Gasteiger partial charge on any atom is 0.341 e. The molecule has 0 unspecified atom stereocenters. The van der Waals surface area contributed by atoms with Crippen molar-refractivity contribution in [3.63, 3.8) is 0 Å². The van der Waals surface area contributed by atoms with Gasteiger partial charge in [-0.15, -0.1) is 0 Å². The van der Waals surface area contributed by atoms with Gasteiger partial charge in [0.1, 0.15) is 17.4 Å². The zero-order chi connectivity index (χ0) is 13.3. The Morgan fingerprint density at radius 1 is 1.67 bits per heavy atom. The average Bonchev–Trinajstić information content (AvgIpc) is 2.72. The minimum atomic E-state index is -0.714. The molecule has 2 rings (SSSR count). The Bertz CT molecular complexity index is 587. The van der Waals surface area contributed by atoms with Crippen LogP contribution in [0.2, 0.25) is 0 Å². The predicted octanol–water partition coefficient (Wildman–Crippen LogP) is 0.935. The molecule has 0 aliphatic carbocycles. The molecule has 0 fully saturated rings. The van der Waals surface area contributed by atoms with Crippen LogP contribution in [0, 0.1) is 11.3 Å². The molecule has 0 saturated carbocycles. The molecular weight excluding hydrogens is 236 g/mol. The van der Waals surface area contributed by atoms with Crippen molar-refractivity contribution < 1.29 is 19.4 Å².